The van der Waals surface area contributed by atoms with Crippen molar-refractivity contribution < 1.29 is 0 Å². The van der Waals surface area contributed by atoms with E-state index in [1.165, 1.54) is 16.7 Å². The third-order valence-corrected chi connectivity index (χ3v) is 5.23. The van der Waals surface area contributed by atoms with E-state index in [2.05, 4.69) is 79.4 Å². The van der Waals surface area contributed by atoms with Crippen LogP contribution >= 0.6 is 0 Å². The van der Waals surface area contributed by atoms with E-state index in [0.29, 0.717) is 0 Å². The molecule has 3 rings (SSSR count). The molecule has 2 aromatic carbocycles. The first-order valence-corrected chi connectivity index (χ1v) is 9.15. The van der Waals surface area contributed by atoms with E-state index in [1.807, 2.05) is 25.3 Å². The smallest absolute Gasteiger partial charge is 0.0424 e. The van der Waals surface area contributed by atoms with E-state index in [9.17, 15) is 0 Å². The molecule has 1 aliphatic rings. The van der Waals surface area contributed by atoms with Crippen molar-refractivity contribution in [1.29, 1.82) is 0 Å². The lowest BCUT2D eigenvalue weighted by Gasteiger charge is -2.26. The van der Waals surface area contributed by atoms with E-state index < -0.39 is 0 Å². The van der Waals surface area contributed by atoms with Crippen LogP contribution in [0, 0.1) is 0 Å². The predicted octanol–water partition coefficient (Wildman–Crippen LogP) is 6.74. The minimum atomic E-state index is -0.218. The highest BCUT2D eigenvalue weighted by atomic mass is 15.0. The van der Waals surface area contributed by atoms with Crippen molar-refractivity contribution in [3.8, 4) is 11.1 Å². The summed E-state index contributed by atoms with van der Waals surface area (Å²) in [4.78, 5) is 4.26. The quantitative estimate of drug-likeness (QED) is 0.450. The van der Waals surface area contributed by atoms with Crippen LogP contribution in [0.1, 0.15) is 31.4 Å². The Morgan fingerprint density at radius 3 is 2.63 bits per heavy atom. The van der Waals surface area contributed by atoms with Gasteiger partial charge in [-0.25, -0.2) is 0 Å². The maximum atomic E-state index is 4.30. The number of nitrogens with one attached hydrogen (secondary N) is 1. The van der Waals surface area contributed by atoms with Crippen LogP contribution in [0.5, 0.6) is 0 Å². The summed E-state index contributed by atoms with van der Waals surface area (Å²) in [5, 5.41) is 3.46. The Balaban J connectivity index is 2.05. The van der Waals surface area contributed by atoms with Crippen molar-refractivity contribution in [1.82, 2.24) is 0 Å². The maximum Gasteiger partial charge on any atom is 0.0424 e. The van der Waals surface area contributed by atoms with Crippen LogP contribution in [0.4, 0.5) is 5.69 Å². The highest BCUT2D eigenvalue weighted by Gasteiger charge is 2.38. The molecule has 0 aliphatic carbocycles. The molecular weight excluding hydrogens is 328 g/mol. The summed E-state index contributed by atoms with van der Waals surface area (Å²) in [6.45, 7) is 16.3. The first-order chi connectivity index (χ1) is 13.0. The lowest BCUT2D eigenvalue weighted by molar-refractivity contribution is 0.582. The van der Waals surface area contributed by atoms with Gasteiger partial charge in [-0.3, -0.25) is 4.99 Å². The number of fused-ring (bicyclic) bond motifs is 1. The minimum Gasteiger partial charge on any atom is -0.358 e. The Labute approximate surface area is 162 Å². The average Bonchev–Trinajstić information content (AvgIpc) is 2.95. The van der Waals surface area contributed by atoms with Gasteiger partial charge in [0.1, 0.15) is 0 Å². The minimum absolute atomic E-state index is 0.218. The van der Waals surface area contributed by atoms with Gasteiger partial charge in [-0.1, -0.05) is 56.2 Å². The van der Waals surface area contributed by atoms with Crippen molar-refractivity contribution >= 4 is 18.0 Å². The zero-order valence-corrected chi connectivity index (χ0v) is 16.1. The number of rotatable bonds is 6. The van der Waals surface area contributed by atoms with Crippen molar-refractivity contribution in [2.45, 2.75) is 25.7 Å². The molecule has 1 atom stereocenters. The highest BCUT2D eigenvalue weighted by Crippen LogP contribution is 2.48. The first kappa shape index (κ1) is 18.7. The van der Waals surface area contributed by atoms with Crippen LogP contribution in [0.2, 0.25) is 0 Å². The second-order valence-corrected chi connectivity index (χ2v) is 7.02. The molecule has 0 saturated heterocycles. The summed E-state index contributed by atoms with van der Waals surface area (Å²) in [5.41, 5.74) is 7.74. The third-order valence-electron chi connectivity index (χ3n) is 5.23. The van der Waals surface area contributed by atoms with E-state index in [4.69, 9.17) is 0 Å². The van der Waals surface area contributed by atoms with Crippen molar-refractivity contribution in [2.75, 3.05) is 5.32 Å². The average molecular weight is 354 g/mol. The number of hydrogen-bond donors (Lipinski definition) is 1. The Morgan fingerprint density at radius 1 is 1.15 bits per heavy atom. The number of allylic oxidation sites excluding steroid dienone is 3. The van der Waals surface area contributed by atoms with Crippen molar-refractivity contribution in [2.24, 2.45) is 4.99 Å². The second-order valence-electron chi connectivity index (χ2n) is 7.02. The van der Waals surface area contributed by atoms with Crippen molar-refractivity contribution in [3.63, 3.8) is 0 Å². The highest BCUT2D eigenvalue weighted by molar-refractivity contribution is 5.76. The molecule has 1 aliphatic heterocycles. The van der Waals surface area contributed by atoms with Gasteiger partial charge in [0, 0.05) is 29.2 Å². The van der Waals surface area contributed by atoms with Gasteiger partial charge >= 0.3 is 0 Å². The Kier molecular flexibility index (Phi) is 5.27. The van der Waals surface area contributed by atoms with E-state index >= 15 is 0 Å². The standard InChI is InChI=1S/C25H26N2/c1-6-19-10-9-11-21(14-19)22-12-13-24-23(15-22)25(5,18(4)27-24)16-20(7-2)17-26-8-3/h6-15,17,27H,1-2,4,16H2,3,5H3/b20-17+,26-8?. The van der Waals surface area contributed by atoms with Gasteiger partial charge < -0.3 is 5.32 Å². The van der Waals surface area contributed by atoms with Crippen LogP contribution in [0.25, 0.3) is 17.2 Å². The number of anilines is 1. The molecule has 0 saturated carbocycles. The Hall–Kier alpha value is -3.13. The van der Waals surface area contributed by atoms with E-state index in [1.54, 1.807) is 6.21 Å². The summed E-state index contributed by atoms with van der Waals surface area (Å²) in [6, 6.07) is 15.0. The van der Waals surface area contributed by atoms with Crippen LogP contribution in [-0.4, -0.2) is 6.21 Å². The van der Waals surface area contributed by atoms with E-state index in [0.717, 1.165) is 28.9 Å². The SMILES string of the molecule is C=C/C(=C\N=CC)CC1(C)C(=C)Nc2ccc(-c3cccc(C=C)c3)cc21. The largest absolute Gasteiger partial charge is 0.358 e. The van der Waals surface area contributed by atoms with Crippen molar-refractivity contribution in [3.05, 3.63) is 96.9 Å². The molecule has 0 bridgehead atoms. The van der Waals surface area contributed by atoms with Crippen LogP contribution < -0.4 is 5.32 Å². The molecule has 0 aromatic heterocycles. The molecule has 1 heterocycles. The fraction of sp³-hybridized carbons (Fsp3) is 0.160. The molecule has 0 amide bonds. The summed E-state index contributed by atoms with van der Waals surface area (Å²) < 4.78 is 0. The van der Waals surface area contributed by atoms with Crippen LogP contribution in [0.15, 0.2) is 90.7 Å². The fourth-order valence-corrected chi connectivity index (χ4v) is 3.55. The fourth-order valence-electron chi connectivity index (χ4n) is 3.55. The monoisotopic (exact) mass is 354 g/mol. The molecular formula is C25H26N2. The van der Waals surface area contributed by atoms with E-state index in [-0.39, 0.29) is 5.41 Å². The number of aliphatic imine (C=N–C) groups is 1. The predicted molar refractivity (Wildman–Crippen MR) is 119 cm³/mol. The normalized spacial score (nSPS) is 19.0. The second kappa shape index (κ2) is 7.63. The molecule has 1 N–H and O–H groups in total. The van der Waals surface area contributed by atoms with Crippen LogP contribution in [-0.2, 0) is 5.41 Å². The summed E-state index contributed by atoms with van der Waals surface area (Å²) in [7, 11) is 0. The molecule has 1 unspecified atom stereocenters. The van der Waals surface area contributed by atoms with Gasteiger partial charge in [0.05, 0.1) is 0 Å². The molecule has 2 nitrogen and oxygen atoms in total. The molecule has 136 valence electrons. The lowest BCUT2D eigenvalue weighted by Crippen LogP contribution is -2.22. The Bertz CT molecular complexity index is 962. The lowest BCUT2D eigenvalue weighted by atomic mass is 9.76. The van der Waals surface area contributed by atoms with Gasteiger partial charge in [-0.15, -0.1) is 0 Å². The third kappa shape index (κ3) is 3.56. The molecule has 2 heteroatoms. The molecule has 2 aromatic rings. The molecule has 27 heavy (non-hydrogen) atoms. The number of benzene rings is 2. The van der Waals surface area contributed by atoms with Gasteiger partial charge in [0.25, 0.3) is 0 Å². The summed E-state index contributed by atoms with van der Waals surface area (Å²) in [6.07, 6.45) is 8.21. The summed E-state index contributed by atoms with van der Waals surface area (Å²) in [5.74, 6) is 0. The van der Waals surface area contributed by atoms with Gasteiger partial charge in [0.15, 0.2) is 0 Å². The zero-order valence-electron chi connectivity index (χ0n) is 16.1. The van der Waals surface area contributed by atoms with Gasteiger partial charge in [-0.2, -0.15) is 0 Å². The van der Waals surface area contributed by atoms with Crippen LogP contribution in [0.3, 0.4) is 0 Å². The number of nitrogens with zero attached hydrogens (tertiary/aromatic N) is 1. The maximum absolute atomic E-state index is 4.30. The molecule has 0 fully saturated rings. The number of hydrogen-bond acceptors (Lipinski definition) is 2. The molecule has 0 radical (unpaired) electrons. The first-order valence-electron chi connectivity index (χ1n) is 9.15. The van der Waals surface area contributed by atoms with Gasteiger partial charge in [0.2, 0.25) is 0 Å². The zero-order chi connectivity index (χ0) is 19.4. The Morgan fingerprint density at radius 2 is 1.93 bits per heavy atom. The molecule has 0 spiro atoms. The topological polar surface area (TPSA) is 24.4 Å². The van der Waals surface area contributed by atoms with Gasteiger partial charge in [-0.05, 0) is 66.3 Å². The summed E-state index contributed by atoms with van der Waals surface area (Å²) >= 11 is 0.